The molecule has 0 unspecified atom stereocenters. The average Bonchev–Trinajstić information content (AvgIpc) is 3.08. The molecule has 0 radical (unpaired) electrons. The molecule has 0 heterocycles. The Morgan fingerprint density at radius 2 is 2.12 bits per heavy atom. The van der Waals surface area contributed by atoms with Gasteiger partial charge in [0.25, 0.3) is 0 Å². The van der Waals surface area contributed by atoms with Gasteiger partial charge < -0.3 is 10.0 Å². The summed E-state index contributed by atoms with van der Waals surface area (Å²) in [6, 6.07) is 5.42. The highest BCUT2D eigenvalue weighted by Gasteiger charge is 2.28. The number of rotatable bonds is 5. The molecule has 2 nitrogen and oxygen atoms in total. The number of hydrogen-bond acceptors (Lipinski definition) is 2. The molecule has 1 aliphatic carbocycles. The third-order valence-electron chi connectivity index (χ3n) is 2.91. The largest absolute Gasteiger partial charge is 0.392 e. The van der Waals surface area contributed by atoms with Gasteiger partial charge >= 0.3 is 0 Å². The Morgan fingerprint density at radius 1 is 1.38 bits per heavy atom. The Balaban J connectivity index is 2.25. The molecule has 0 amide bonds. The van der Waals surface area contributed by atoms with E-state index in [0.29, 0.717) is 11.6 Å². The summed E-state index contributed by atoms with van der Waals surface area (Å²) in [5.41, 5.74) is 1.56. The first kappa shape index (κ1) is 11.4. The van der Waals surface area contributed by atoms with Crippen molar-refractivity contribution in [2.75, 3.05) is 11.4 Å². The minimum Gasteiger partial charge on any atom is -0.392 e. The van der Waals surface area contributed by atoms with E-state index in [0.717, 1.165) is 18.7 Å². The molecule has 16 heavy (non-hydrogen) atoms. The molecule has 88 valence electrons. The molecule has 0 aliphatic heterocycles. The summed E-state index contributed by atoms with van der Waals surface area (Å²) in [5.74, 6) is -0.261. The van der Waals surface area contributed by atoms with Crippen LogP contribution in [0.25, 0.3) is 0 Å². The molecule has 2 rings (SSSR count). The molecule has 0 bridgehead atoms. The molecular formula is C13H18FNO. The normalized spacial score (nSPS) is 15.2. The van der Waals surface area contributed by atoms with Gasteiger partial charge in [0.05, 0.1) is 6.61 Å². The molecular weight excluding hydrogens is 205 g/mol. The zero-order valence-electron chi connectivity index (χ0n) is 9.62. The third-order valence-corrected chi connectivity index (χ3v) is 2.91. The van der Waals surface area contributed by atoms with Crippen molar-refractivity contribution in [1.29, 1.82) is 0 Å². The van der Waals surface area contributed by atoms with Gasteiger partial charge in [-0.25, -0.2) is 4.39 Å². The summed E-state index contributed by atoms with van der Waals surface area (Å²) in [6.07, 6.45) is 3.46. The topological polar surface area (TPSA) is 23.5 Å². The lowest BCUT2D eigenvalue weighted by molar-refractivity contribution is 0.281. The molecule has 0 spiro atoms. The Hall–Kier alpha value is -1.09. The molecule has 1 aliphatic rings. The molecule has 3 heteroatoms. The van der Waals surface area contributed by atoms with Crippen LogP contribution in [-0.2, 0) is 6.61 Å². The van der Waals surface area contributed by atoms with Crippen molar-refractivity contribution in [3.05, 3.63) is 29.6 Å². The fraction of sp³-hybridized carbons (Fsp3) is 0.538. The Labute approximate surface area is 95.7 Å². The van der Waals surface area contributed by atoms with Crippen molar-refractivity contribution in [2.24, 2.45) is 0 Å². The van der Waals surface area contributed by atoms with Gasteiger partial charge in [-0.15, -0.1) is 0 Å². The summed E-state index contributed by atoms with van der Waals surface area (Å²) in [5, 5.41) is 9.07. The Kier molecular flexibility index (Phi) is 3.44. The summed E-state index contributed by atoms with van der Waals surface area (Å²) in [7, 11) is 0. The average molecular weight is 223 g/mol. The van der Waals surface area contributed by atoms with Crippen molar-refractivity contribution >= 4 is 5.69 Å². The minimum atomic E-state index is -0.261. The van der Waals surface area contributed by atoms with Gasteiger partial charge in [-0.1, -0.05) is 6.92 Å². The first-order valence-corrected chi connectivity index (χ1v) is 5.91. The molecule has 1 aromatic rings. The molecule has 1 saturated carbocycles. The van der Waals surface area contributed by atoms with Crippen LogP contribution in [0.1, 0.15) is 31.7 Å². The van der Waals surface area contributed by atoms with Crippen molar-refractivity contribution in [3.8, 4) is 0 Å². The van der Waals surface area contributed by atoms with E-state index in [1.54, 1.807) is 6.07 Å². The zero-order chi connectivity index (χ0) is 11.5. The summed E-state index contributed by atoms with van der Waals surface area (Å²) in [6.45, 7) is 2.98. The van der Waals surface area contributed by atoms with Gasteiger partial charge in [0, 0.05) is 18.3 Å². The van der Waals surface area contributed by atoms with Gasteiger partial charge in [-0.05, 0) is 43.0 Å². The summed E-state index contributed by atoms with van der Waals surface area (Å²) < 4.78 is 13.4. The van der Waals surface area contributed by atoms with Crippen LogP contribution in [0.15, 0.2) is 18.2 Å². The summed E-state index contributed by atoms with van der Waals surface area (Å²) >= 11 is 0. The second-order valence-electron chi connectivity index (χ2n) is 4.40. The van der Waals surface area contributed by atoms with Gasteiger partial charge in [-0.2, -0.15) is 0 Å². The number of hydrogen-bond donors (Lipinski definition) is 1. The van der Waals surface area contributed by atoms with Crippen molar-refractivity contribution in [2.45, 2.75) is 38.8 Å². The lowest BCUT2D eigenvalue weighted by Crippen LogP contribution is -2.26. The maximum atomic E-state index is 13.4. The smallest absolute Gasteiger partial charge is 0.125 e. The van der Waals surface area contributed by atoms with Crippen LogP contribution in [0.5, 0.6) is 0 Å². The highest BCUT2D eigenvalue weighted by atomic mass is 19.1. The van der Waals surface area contributed by atoms with Gasteiger partial charge in [0.2, 0.25) is 0 Å². The van der Waals surface area contributed by atoms with E-state index < -0.39 is 0 Å². The first-order valence-electron chi connectivity index (χ1n) is 5.91. The fourth-order valence-corrected chi connectivity index (χ4v) is 2.04. The SMILES string of the molecule is CCCN(c1cc(F)cc(CO)c1)C1CC1. The maximum Gasteiger partial charge on any atom is 0.125 e. The van der Waals surface area contributed by atoms with E-state index in [9.17, 15) is 4.39 Å². The predicted octanol–water partition coefficient (Wildman–Crippen LogP) is 2.70. The van der Waals surface area contributed by atoms with Crippen LogP contribution in [-0.4, -0.2) is 17.7 Å². The number of nitrogens with zero attached hydrogens (tertiary/aromatic N) is 1. The second-order valence-corrected chi connectivity index (χ2v) is 4.40. The van der Waals surface area contributed by atoms with Crippen LogP contribution < -0.4 is 4.90 Å². The standard InChI is InChI=1S/C13H18FNO/c1-2-5-15(12-3-4-12)13-7-10(9-16)6-11(14)8-13/h6-8,12,16H,2-5,9H2,1H3. The van der Waals surface area contributed by atoms with Crippen molar-refractivity contribution in [3.63, 3.8) is 0 Å². The van der Waals surface area contributed by atoms with Crippen LogP contribution in [0.4, 0.5) is 10.1 Å². The number of aliphatic hydroxyl groups is 1. The Bertz CT molecular complexity index is 363. The molecule has 0 saturated heterocycles. The fourth-order valence-electron chi connectivity index (χ4n) is 2.04. The third kappa shape index (κ3) is 2.53. The molecule has 0 aromatic heterocycles. The monoisotopic (exact) mass is 223 g/mol. The molecule has 1 N–H and O–H groups in total. The first-order chi connectivity index (χ1) is 7.74. The minimum absolute atomic E-state index is 0.102. The van der Waals surface area contributed by atoms with Crippen molar-refractivity contribution in [1.82, 2.24) is 0 Å². The van der Waals surface area contributed by atoms with Gasteiger partial charge in [-0.3, -0.25) is 0 Å². The van der Waals surface area contributed by atoms with E-state index in [-0.39, 0.29) is 12.4 Å². The second kappa shape index (κ2) is 4.83. The van der Waals surface area contributed by atoms with Crippen LogP contribution >= 0.6 is 0 Å². The highest BCUT2D eigenvalue weighted by molar-refractivity contribution is 5.51. The maximum absolute atomic E-state index is 13.4. The Morgan fingerprint density at radius 3 is 2.69 bits per heavy atom. The number of aliphatic hydroxyl groups excluding tert-OH is 1. The molecule has 1 fully saturated rings. The lowest BCUT2D eigenvalue weighted by Gasteiger charge is -2.24. The number of benzene rings is 1. The van der Waals surface area contributed by atoms with E-state index in [4.69, 9.17) is 5.11 Å². The molecule has 0 atom stereocenters. The number of anilines is 1. The van der Waals surface area contributed by atoms with Gasteiger partial charge in [0.1, 0.15) is 5.82 Å². The van der Waals surface area contributed by atoms with E-state index >= 15 is 0 Å². The van der Waals surface area contributed by atoms with E-state index in [1.807, 2.05) is 6.07 Å². The van der Waals surface area contributed by atoms with Gasteiger partial charge in [0.15, 0.2) is 0 Å². The molecule has 1 aromatic carbocycles. The van der Waals surface area contributed by atoms with Crippen LogP contribution in [0.2, 0.25) is 0 Å². The quantitative estimate of drug-likeness (QED) is 0.829. The number of halogens is 1. The van der Waals surface area contributed by atoms with Crippen molar-refractivity contribution < 1.29 is 9.50 Å². The van der Waals surface area contributed by atoms with E-state index in [1.165, 1.54) is 18.9 Å². The zero-order valence-corrected chi connectivity index (χ0v) is 9.62. The highest BCUT2D eigenvalue weighted by Crippen LogP contribution is 2.32. The van der Waals surface area contributed by atoms with E-state index in [2.05, 4.69) is 11.8 Å². The lowest BCUT2D eigenvalue weighted by atomic mass is 10.2. The summed E-state index contributed by atoms with van der Waals surface area (Å²) in [4.78, 5) is 2.25. The van der Waals surface area contributed by atoms with Crippen LogP contribution in [0.3, 0.4) is 0 Å². The van der Waals surface area contributed by atoms with Crippen LogP contribution in [0, 0.1) is 5.82 Å². The predicted molar refractivity (Wildman–Crippen MR) is 63.0 cm³/mol.